The summed E-state index contributed by atoms with van der Waals surface area (Å²) in [5.41, 5.74) is 5.49. The molecule has 0 aromatic carbocycles. The molecule has 0 aliphatic rings. The summed E-state index contributed by atoms with van der Waals surface area (Å²) < 4.78 is 10.7. The highest BCUT2D eigenvalue weighted by Gasteiger charge is 2.05. The Morgan fingerprint density at radius 2 is 1.56 bits per heavy atom. The predicted octanol–water partition coefficient (Wildman–Crippen LogP) is 1.04. The van der Waals surface area contributed by atoms with E-state index in [-0.39, 0.29) is 0 Å². The van der Waals surface area contributed by atoms with Crippen LogP contribution in [0.4, 0.5) is 0 Å². The fraction of sp³-hybridized carbons (Fsp3) is 0.909. The first kappa shape index (κ1) is 15.8. The number of hydrogen-bond donors (Lipinski definition) is 1. The van der Waals surface area contributed by atoms with E-state index in [4.69, 9.17) is 27.4 Å². The van der Waals surface area contributed by atoms with Crippen LogP contribution in [0.15, 0.2) is 0 Å². The van der Waals surface area contributed by atoms with Crippen LogP contribution in [0, 0.1) is 0 Å². The number of thiocarbonyl (C=S) groups is 1. The van der Waals surface area contributed by atoms with Gasteiger partial charge in [-0.3, -0.25) is 4.90 Å². The van der Waals surface area contributed by atoms with Crippen molar-refractivity contribution in [2.45, 2.75) is 20.3 Å². The van der Waals surface area contributed by atoms with Crippen molar-refractivity contribution in [2.75, 3.05) is 46.1 Å². The molecule has 0 atom stereocenters. The minimum atomic E-state index is 0.567. The van der Waals surface area contributed by atoms with Gasteiger partial charge in [-0.15, -0.1) is 0 Å². The average molecular weight is 248 g/mol. The topological polar surface area (TPSA) is 47.7 Å². The fourth-order valence-corrected chi connectivity index (χ4v) is 1.37. The molecule has 0 rings (SSSR count). The standard InChI is InChI=1S/C11H24N2O2S/c1-3-14-9-7-13(6-5-11(12)16)8-10-15-4-2/h3-10H2,1-2H3,(H2,12,16). The van der Waals surface area contributed by atoms with Gasteiger partial charge in [0.2, 0.25) is 0 Å². The molecule has 16 heavy (non-hydrogen) atoms. The van der Waals surface area contributed by atoms with Gasteiger partial charge in [-0.05, 0) is 13.8 Å². The molecule has 0 aromatic rings. The Bertz CT molecular complexity index is 169. The molecule has 0 saturated carbocycles. The summed E-state index contributed by atoms with van der Waals surface area (Å²) in [7, 11) is 0. The molecule has 0 aromatic heterocycles. The lowest BCUT2D eigenvalue weighted by molar-refractivity contribution is 0.0840. The zero-order valence-electron chi connectivity index (χ0n) is 10.4. The molecule has 0 aliphatic carbocycles. The third-order valence-corrected chi connectivity index (χ3v) is 2.39. The monoisotopic (exact) mass is 248 g/mol. The van der Waals surface area contributed by atoms with Crippen LogP contribution < -0.4 is 5.73 Å². The van der Waals surface area contributed by atoms with Crippen molar-refractivity contribution in [3.05, 3.63) is 0 Å². The minimum absolute atomic E-state index is 0.567. The molecular weight excluding hydrogens is 224 g/mol. The quantitative estimate of drug-likeness (QED) is 0.437. The second kappa shape index (κ2) is 11.3. The normalized spacial score (nSPS) is 10.9. The molecule has 0 aliphatic heterocycles. The van der Waals surface area contributed by atoms with E-state index >= 15 is 0 Å². The van der Waals surface area contributed by atoms with Crippen LogP contribution in [-0.2, 0) is 9.47 Å². The molecule has 0 spiro atoms. The molecular formula is C11H24N2O2S. The number of nitrogens with two attached hydrogens (primary N) is 1. The van der Waals surface area contributed by atoms with Crippen molar-refractivity contribution in [2.24, 2.45) is 5.73 Å². The summed E-state index contributed by atoms with van der Waals surface area (Å²) in [6, 6.07) is 0. The zero-order valence-corrected chi connectivity index (χ0v) is 11.2. The SMILES string of the molecule is CCOCCN(CCOCC)CCC(N)=S. The van der Waals surface area contributed by atoms with Crippen LogP contribution in [0.5, 0.6) is 0 Å². The molecule has 0 bridgehead atoms. The second-order valence-corrected chi connectivity index (χ2v) is 3.98. The van der Waals surface area contributed by atoms with Crippen LogP contribution in [0.2, 0.25) is 0 Å². The Morgan fingerprint density at radius 1 is 1.06 bits per heavy atom. The Kier molecular flexibility index (Phi) is 11.1. The van der Waals surface area contributed by atoms with Gasteiger partial charge in [-0.2, -0.15) is 0 Å². The van der Waals surface area contributed by atoms with Crippen molar-refractivity contribution in [1.82, 2.24) is 4.90 Å². The van der Waals surface area contributed by atoms with Gasteiger partial charge >= 0.3 is 0 Å². The highest BCUT2D eigenvalue weighted by molar-refractivity contribution is 7.80. The Labute approximate surface area is 104 Å². The second-order valence-electron chi connectivity index (χ2n) is 3.45. The molecule has 0 unspecified atom stereocenters. The largest absolute Gasteiger partial charge is 0.393 e. The third kappa shape index (κ3) is 10.3. The van der Waals surface area contributed by atoms with E-state index < -0.39 is 0 Å². The Hall–Kier alpha value is -0.230. The van der Waals surface area contributed by atoms with Gasteiger partial charge in [0.15, 0.2) is 0 Å². The van der Waals surface area contributed by atoms with E-state index in [0.717, 1.165) is 52.5 Å². The molecule has 5 heteroatoms. The van der Waals surface area contributed by atoms with Crippen molar-refractivity contribution < 1.29 is 9.47 Å². The molecule has 0 fully saturated rings. The lowest BCUT2D eigenvalue weighted by Crippen LogP contribution is -2.33. The van der Waals surface area contributed by atoms with Crippen LogP contribution in [0.3, 0.4) is 0 Å². The van der Waals surface area contributed by atoms with E-state index in [1.54, 1.807) is 0 Å². The smallest absolute Gasteiger partial charge is 0.0740 e. The average Bonchev–Trinajstić information content (AvgIpc) is 2.25. The Balaban J connectivity index is 3.71. The number of ether oxygens (including phenoxy) is 2. The van der Waals surface area contributed by atoms with Crippen LogP contribution in [-0.4, -0.2) is 56.0 Å². The van der Waals surface area contributed by atoms with Gasteiger partial charge in [-0.25, -0.2) is 0 Å². The van der Waals surface area contributed by atoms with Crippen LogP contribution >= 0.6 is 12.2 Å². The Morgan fingerprint density at radius 3 is 1.94 bits per heavy atom. The van der Waals surface area contributed by atoms with Gasteiger partial charge in [0.05, 0.1) is 18.2 Å². The molecule has 2 N–H and O–H groups in total. The van der Waals surface area contributed by atoms with Gasteiger partial charge < -0.3 is 15.2 Å². The zero-order chi connectivity index (χ0) is 12.2. The first-order valence-corrected chi connectivity index (χ1v) is 6.27. The van der Waals surface area contributed by atoms with Gasteiger partial charge in [0.25, 0.3) is 0 Å². The lowest BCUT2D eigenvalue weighted by atomic mass is 10.3. The van der Waals surface area contributed by atoms with Crippen molar-refractivity contribution >= 4 is 17.2 Å². The summed E-state index contributed by atoms with van der Waals surface area (Å²) in [6.45, 7) is 9.71. The summed E-state index contributed by atoms with van der Waals surface area (Å²) in [6.07, 6.45) is 0.758. The molecule has 0 heterocycles. The summed E-state index contributed by atoms with van der Waals surface area (Å²) >= 11 is 4.87. The highest BCUT2D eigenvalue weighted by atomic mass is 32.1. The van der Waals surface area contributed by atoms with Gasteiger partial charge in [-0.1, -0.05) is 12.2 Å². The lowest BCUT2D eigenvalue weighted by Gasteiger charge is -2.21. The van der Waals surface area contributed by atoms with Crippen molar-refractivity contribution in [1.29, 1.82) is 0 Å². The summed E-state index contributed by atoms with van der Waals surface area (Å²) in [5, 5.41) is 0. The molecule has 0 saturated heterocycles. The number of nitrogens with zero attached hydrogens (tertiary/aromatic N) is 1. The molecule has 96 valence electrons. The number of hydrogen-bond acceptors (Lipinski definition) is 4. The van der Waals surface area contributed by atoms with E-state index in [9.17, 15) is 0 Å². The predicted molar refractivity (Wildman–Crippen MR) is 70.8 cm³/mol. The van der Waals surface area contributed by atoms with Crippen LogP contribution in [0.25, 0.3) is 0 Å². The maximum atomic E-state index is 5.49. The van der Waals surface area contributed by atoms with Crippen LogP contribution in [0.1, 0.15) is 20.3 Å². The van der Waals surface area contributed by atoms with Crippen molar-refractivity contribution in [3.63, 3.8) is 0 Å². The first-order valence-electron chi connectivity index (χ1n) is 5.86. The first-order chi connectivity index (χ1) is 7.70. The summed E-state index contributed by atoms with van der Waals surface area (Å²) in [5.74, 6) is 0. The molecule has 0 radical (unpaired) electrons. The van der Waals surface area contributed by atoms with Gasteiger partial charge in [0.1, 0.15) is 0 Å². The van der Waals surface area contributed by atoms with E-state index in [1.807, 2.05) is 13.8 Å². The highest BCUT2D eigenvalue weighted by Crippen LogP contribution is 1.93. The van der Waals surface area contributed by atoms with Gasteiger partial charge in [0, 0.05) is 39.3 Å². The fourth-order valence-electron chi connectivity index (χ4n) is 1.28. The molecule has 0 amide bonds. The van der Waals surface area contributed by atoms with Crippen molar-refractivity contribution in [3.8, 4) is 0 Å². The minimum Gasteiger partial charge on any atom is -0.393 e. The number of rotatable bonds is 11. The van der Waals surface area contributed by atoms with E-state index in [0.29, 0.717) is 4.99 Å². The maximum absolute atomic E-state index is 5.49. The maximum Gasteiger partial charge on any atom is 0.0740 e. The third-order valence-electron chi connectivity index (χ3n) is 2.19. The van der Waals surface area contributed by atoms with E-state index in [1.165, 1.54) is 0 Å². The molecule has 4 nitrogen and oxygen atoms in total. The summed E-state index contributed by atoms with van der Waals surface area (Å²) in [4.78, 5) is 2.84. The van der Waals surface area contributed by atoms with E-state index in [2.05, 4.69) is 4.90 Å².